The normalized spacial score (nSPS) is 24.0. The first-order chi connectivity index (χ1) is 10.4. The van der Waals surface area contributed by atoms with Crippen LogP contribution in [0.4, 0.5) is 5.69 Å². The molecule has 2 heterocycles. The van der Waals surface area contributed by atoms with Crippen molar-refractivity contribution in [1.82, 2.24) is 4.90 Å². The summed E-state index contributed by atoms with van der Waals surface area (Å²) in [4.78, 5) is 28.7. The Balaban J connectivity index is 2.17. The van der Waals surface area contributed by atoms with Gasteiger partial charge in [-0.15, -0.1) is 11.8 Å². The second-order valence-corrected chi connectivity index (χ2v) is 7.71. The average Bonchev–Trinajstić information content (AvgIpc) is 3.01. The minimum Gasteiger partial charge on any atom is -0.315 e. The fourth-order valence-electron chi connectivity index (χ4n) is 3.37. The molecule has 0 aliphatic carbocycles. The largest absolute Gasteiger partial charge is 0.315 e. The van der Waals surface area contributed by atoms with Gasteiger partial charge < -0.3 is 9.80 Å². The highest BCUT2D eigenvalue weighted by atomic mass is 32.2. The van der Waals surface area contributed by atoms with Crippen LogP contribution >= 0.6 is 11.8 Å². The molecule has 2 amide bonds. The highest BCUT2D eigenvalue weighted by molar-refractivity contribution is 8.01. The maximum absolute atomic E-state index is 13.3. The predicted octanol–water partition coefficient (Wildman–Crippen LogP) is 2.83. The fourth-order valence-corrected chi connectivity index (χ4v) is 4.82. The summed E-state index contributed by atoms with van der Waals surface area (Å²) in [5.74, 6) is 0.771. The van der Waals surface area contributed by atoms with Gasteiger partial charge in [0.15, 0.2) is 4.87 Å². The zero-order chi connectivity index (χ0) is 16.1. The van der Waals surface area contributed by atoms with Crippen LogP contribution in [-0.4, -0.2) is 35.1 Å². The van der Waals surface area contributed by atoms with Crippen molar-refractivity contribution in [2.24, 2.45) is 5.92 Å². The molecular formula is C17H22N2O2S. The molecule has 0 bridgehead atoms. The number of hydrogen-bond donors (Lipinski definition) is 0. The zero-order valence-corrected chi connectivity index (χ0v) is 14.3. The number of amides is 2. The van der Waals surface area contributed by atoms with E-state index in [0.29, 0.717) is 6.54 Å². The molecule has 1 atom stereocenters. The van der Waals surface area contributed by atoms with E-state index >= 15 is 0 Å². The molecule has 0 aromatic heterocycles. The molecule has 0 saturated carbocycles. The third kappa shape index (κ3) is 1.91. The summed E-state index contributed by atoms with van der Waals surface area (Å²) >= 11 is 1.59. The molecule has 1 aromatic carbocycles. The summed E-state index contributed by atoms with van der Waals surface area (Å²) in [5, 5.41) is 0. The van der Waals surface area contributed by atoms with E-state index in [4.69, 9.17) is 0 Å². The molecule has 4 nitrogen and oxygen atoms in total. The molecule has 1 aromatic rings. The van der Waals surface area contributed by atoms with Gasteiger partial charge in [0.25, 0.3) is 5.91 Å². The first-order valence-electron chi connectivity index (χ1n) is 7.80. The Morgan fingerprint density at radius 1 is 1.23 bits per heavy atom. The van der Waals surface area contributed by atoms with Crippen LogP contribution in [-0.2, 0) is 14.5 Å². The summed E-state index contributed by atoms with van der Waals surface area (Å²) in [6, 6.07) is 7.96. The minimum atomic E-state index is -0.859. The van der Waals surface area contributed by atoms with Gasteiger partial charge in [-0.05, 0) is 19.9 Å². The van der Waals surface area contributed by atoms with Crippen molar-refractivity contribution in [2.75, 3.05) is 17.2 Å². The molecule has 1 spiro atoms. The van der Waals surface area contributed by atoms with Gasteiger partial charge in [0.1, 0.15) is 0 Å². The second-order valence-electron chi connectivity index (χ2n) is 6.42. The summed E-state index contributed by atoms with van der Waals surface area (Å²) in [5.41, 5.74) is 1.91. The van der Waals surface area contributed by atoms with Crippen LogP contribution in [0.5, 0.6) is 0 Å². The van der Waals surface area contributed by atoms with Crippen molar-refractivity contribution in [1.29, 1.82) is 0 Å². The Bertz CT molecular complexity index is 629. The number of carbonyl (C=O) groups is 2. The Hall–Kier alpha value is -1.49. The number of nitrogens with zero attached hydrogens (tertiary/aromatic N) is 2. The van der Waals surface area contributed by atoms with E-state index in [-0.39, 0.29) is 23.8 Å². The Labute approximate surface area is 135 Å². The van der Waals surface area contributed by atoms with Gasteiger partial charge in [-0.2, -0.15) is 0 Å². The third-order valence-corrected chi connectivity index (χ3v) is 5.74. The predicted molar refractivity (Wildman–Crippen MR) is 89.8 cm³/mol. The van der Waals surface area contributed by atoms with Crippen molar-refractivity contribution in [2.45, 2.75) is 38.6 Å². The standard InChI is InChI=1S/C17H22N2O2S/c1-11(2)15(20)18-9-10-22-17(18)13-7-5-6-8-14(13)19(12(3)4)16(17)21/h5-8,11-12H,9-10H2,1-4H3. The maximum Gasteiger partial charge on any atom is 0.268 e. The first-order valence-corrected chi connectivity index (χ1v) is 8.78. The fraction of sp³-hybridized carbons (Fsp3) is 0.529. The Morgan fingerprint density at radius 3 is 2.55 bits per heavy atom. The Kier molecular flexibility index (Phi) is 3.71. The number of anilines is 1. The van der Waals surface area contributed by atoms with Crippen molar-refractivity contribution in [3.63, 3.8) is 0 Å². The molecule has 0 radical (unpaired) electrons. The van der Waals surface area contributed by atoms with Crippen molar-refractivity contribution in [3.8, 4) is 0 Å². The van der Waals surface area contributed by atoms with Gasteiger partial charge in [0, 0.05) is 29.8 Å². The van der Waals surface area contributed by atoms with Crippen LogP contribution in [0, 0.1) is 5.92 Å². The van der Waals surface area contributed by atoms with Crippen LogP contribution < -0.4 is 4.90 Å². The third-order valence-electron chi connectivity index (χ3n) is 4.32. The number of hydrogen-bond acceptors (Lipinski definition) is 3. The lowest BCUT2D eigenvalue weighted by atomic mass is 10.0. The van der Waals surface area contributed by atoms with Crippen molar-refractivity contribution >= 4 is 29.3 Å². The summed E-state index contributed by atoms with van der Waals surface area (Å²) in [6.07, 6.45) is 0. The van der Waals surface area contributed by atoms with Gasteiger partial charge in [-0.3, -0.25) is 9.59 Å². The van der Waals surface area contributed by atoms with Crippen molar-refractivity contribution < 1.29 is 9.59 Å². The van der Waals surface area contributed by atoms with Gasteiger partial charge in [-0.1, -0.05) is 32.0 Å². The molecule has 22 heavy (non-hydrogen) atoms. The number of para-hydroxylation sites is 1. The van der Waals surface area contributed by atoms with Crippen LogP contribution in [0.2, 0.25) is 0 Å². The molecule has 1 unspecified atom stereocenters. The topological polar surface area (TPSA) is 40.6 Å². The van der Waals surface area contributed by atoms with Gasteiger partial charge in [0.05, 0.1) is 5.69 Å². The van der Waals surface area contributed by atoms with Crippen LogP contribution in [0.1, 0.15) is 33.3 Å². The van der Waals surface area contributed by atoms with Gasteiger partial charge in [-0.25, -0.2) is 0 Å². The quantitative estimate of drug-likeness (QED) is 0.842. The molecule has 3 rings (SSSR count). The van der Waals surface area contributed by atoms with Crippen LogP contribution in [0.3, 0.4) is 0 Å². The lowest BCUT2D eigenvalue weighted by Crippen LogP contribution is -2.52. The van der Waals surface area contributed by atoms with E-state index < -0.39 is 4.87 Å². The van der Waals surface area contributed by atoms with E-state index in [1.54, 1.807) is 16.7 Å². The first kappa shape index (κ1) is 15.4. The van der Waals surface area contributed by atoms with E-state index in [2.05, 4.69) is 0 Å². The molecule has 118 valence electrons. The van der Waals surface area contributed by atoms with E-state index in [1.807, 2.05) is 56.9 Å². The molecule has 2 aliphatic rings. The van der Waals surface area contributed by atoms with E-state index in [0.717, 1.165) is 17.0 Å². The van der Waals surface area contributed by atoms with Gasteiger partial charge >= 0.3 is 0 Å². The van der Waals surface area contributed by atoms with Crippen LogP contribution in [0.25, 0.3) is 0 Å². The average molecular weight is 318 g/mol. The number of fused-ring (bicyclic) bond motifs is 2. The molecule has 5 heteroatoms. The monoisotopic (exact) mass is 318 g/mol. The number of carbonyl (C=O) groups excluding carboxylic acids is 2. The van der Waals surface area contributed by atoms with Gasteiger partial charge in [0.2, 0.25) is 5.91 Å². The van der Waals surface area contributed by atoms with E-state index in [1.165, 1.54) is 0 Å². The smallest absolute Gasteiger partial charge is 0.268 e. The molecule has 2 aliphatic heterocycles. The molecule has 0 N–H and O–H groups in total. The lowest BCUT2D eigenvalue weighted by Gasteiger charge is -2.34. The number of thioether (sulfide) groups is 1. The zero-order valence-electron chi connectivity index (χ0n) is 13.5. The Morgan fingerprint density at radius 2 is 1.91 bits per heavy atom. The molecular weight excluding hydrogens is 296 g/mol. The maximum atomic E-state index is 13.3. The lowest BCUT2D eigenvalue weighted by molar-refractivity contribution is -0.142. The van der Waals surface area contributed by atoms with Crippen LogP contribution in [0.15, 0.2) is 24.3 Å². The number of benzene rings is 1. The highest BCUT2D eigenvalue weighted by Gasteiger charge is 2.59. The second kappa shape index (κ2) is 5.30. The number of rotatable bonds is 2. The van der Waals surface area contributed by atoms with E-state index in [9.17, 15) is 9.59 Å². The van der Waals surface area contributed by atoms with Crippen molar-refractivity contribution in [3.05, 3.63) is 29.8 Å². The summed E-state index contributed by atoms with van der Waals surface area (Å²) < 4.78 is 0. The SMILES string of the molecule is CC(C)C(=O)N1CCSC12C(=O)N(C(C)C)c1ccccc12. The molecule has 1 fully saturated rings. The highest BCUT2D eigenvalue weighted by Crippen LogP contribution is 2.54. The molecule has 1 saturated heterocycles. The minimum absolute atomic E-state index is 0.0280. The summed E-state index contributed by atoms with van der Waals surface area (Å²) in [7, 11) is 0. The summed E-state index contributed by atoms with van der Waals surface area (Å²) in [6.45, 7) is 8.45.